The number of aliphatic hydroxyl groups excluding tert-OH is 1. The summed E-state index contributed by atoms with van der Waals surface area (Å²) in [6.07, 6.45) is 2.03. The van der Waals surface area contributed by atoms with E-state index >= 15 is 0 Å². The summed E-state index contributed by atoms with van der Waals surface area (Å²) in [4.78, 5) is 2.25. The lowest BCUT2D eigenvalue weighted by Crippen LogP contribution is -2.32. The maximum absolute atomic E-state index is 14.3. The van der Waals surface area contributed by atoms with Crippen LogP contribution in [0.4, 0.5) is 4.39 Å². The maximum Gasteiger partial charge on any atom is 0.222 e. The summed E-state index contributed by atoms with van der Waals surface area (Å²) in [5.41, 5.74) is 2.69. The lowest BCUT2D eigenvalue weighted by Gasteiger charge is -2.24. The molecule has 1 unspecified atom stereocenters. The zero-order valence-electron chi connectivity index (χ0n) is 17.5. The monoisotopic (exact) mass is 409 g/mol. The van der Waals surface area contributed by atoms with Crippen LogP contribution < -0.4 is 4.74 Å². The second-order valence-electron chi connectivity index (χ2n) is 8.14. The summed E-state index contributed by atoms with van der Waals surface area (Å²) >= 11 is 0. The van der Waals surface area contributed by atoms with Crippen molar-refractivity contribution in [1.29, 1.82) is 0 Å². The average molecular weight is 410 g/mol. The number of hydrogen-bond donors (Lipinski definition) is 1. The first kappa shape index (κ1) is 20.6. The third-order valence-corrected chi connectivity index (χ3v) is 5.30. The lowest BCUT2D eigenvalue weighted by molar-refractivity contribution is 0.119. The number of aryl methyl sites for hydroxylation is 1. The number of rotatable bonds is 9. The van der Waals surface area contributed by atoms with Gasteiger partial charge >= 0.3 is 0 Å². The van der Waals surface area contributed by atoms with Crippen LogP contribution in [-0.2, 0) is 13.6 Å². The van der Waals surface area contributed by atoms with Gasteiger partial charge in [-0.2, -0.15) is 5.10 Å². The summed E-state index contributed by atoms with van der Waals surface area (Å²) < 4.78 is 22.0. The van der Waals surface area contributed by atoms with Gasteiger partial charge in [0.25, 0.3) is 0 Å². The molecule has 2 aromatic carbocycles. The Morgan fingerprint density at radius 1 is 1.17 bits per heavy atom. The standard InChI is InChI=1S/C24H28FN3O2/c1-17(29)14-28(15-18-12-13-18)16-20-23(19-8-4-3-5-9-19)26-27(2)24(20)30-22-11-7-6-10-21(22)25/h3-11,17-18,29H,12-16H2,1-2H3. The molecule has 1 aliphatic rings. The number of halogens is 1. The van der Waals surface area contributed by atoms with E-state index in [0.29, 0.717) is 24.9 Å². The van der Waals surface area contributed by atoms with Crippen LogP contribution in [0.2, 0.25) is 0 Å². The molecule has 0 aliphatic heterocycles. The second-order valence-corrected chi connectivity index (χ2v) is 8.14. The first-order chi connectivity index (χ1) is 14.5. The Hall–Kier alpha value is -2.70. The van der Waals surface area contributed by atoms with Gasteiger partial charge in [0.15, 0.2) is 11.6 Å². The molecule has 0 saturated heterocycles. The van der Waals surface area contributed by atoms with E-state index in [9.17, 15) is 9.50 Å². The van der Waals surface area contributed by atoms with Gasteiger partial charge in [0.1, 0.15) is 5.69 Å². The fraction of sp³-hybridized carbons (Fsp3) is 0.375. The van der Waals surface area contributed by atoms with Gasteiger partial charge in [-0.3, -0.25) is 4.90 Å². The van der Waals surface area contributed by atoms with Crippen molar-refractivity contribution in [3.05, 3.63) is 66.0 Å². The Kier molecular flexibility index (Phi) is 6.16. The summed E-state index contributed by atoms with van der Waals surface area (Å²) in [7, 11) is 1.81. The number of hydrogen-bond acceptors (Lipinski definition) is 4. The number of nitrogens with zero attached hydrogens (tertiary/aromatic N) is 3. The van der Waals surface area contributed by atoms with E-state index in [2.05, 4.69) is 4.90 Å². The normalized spacial score (nSPS) is 14.8. The summed E-state index contributed by atoms with van der Waals surface area (Å²) in [6.45, 7) is 3.87. The third-order valence-electron chi connectivity index (χ3n) is 5.30. The van der Waals surface area contributed by atoms with Gasteiger partial charge in [-0.05, 0) is 37.8 Å². The molecule has 1 aromatic heterocycles. The Morgan fingerprint density at radius 2 is 1.87 bits per heavy atom. The Labute approximate surface area is 176 Å². The van der Waals surface area contributed by atoms with Gasteiger partial charge in [-0.15, -0.1) is 0 Å². The molecule has 1 N–H and O–H groups in total. The highest BCUT2D eigenvalue weighted by Gasteiger charge is 2.28. The second kappa shape index (κ2) is 8.98. The lowest BCUT2D eigenvalue weighted by atomic mass is 10.1. The SMILES string of the molecule is CC(O)CN(Cc1c(-c2ccccc2)nn(C)c1Oc1ccccc1F)CC1CC1. The highest BCUT2D eigenvalue weighted by atomic mass is 19.1. The molecule has 1 aliphatic carbocycles. The number of ether oxygens (including phenoxy) is 1. The minimum atomic E-state index is -0.434. The molecule has 4 rings (SSSR count). The van der Waals surface area contributed by atoms with Crippen molar-refractivity contribution in [2.45, 2.75) is 32.4 Å². The van der Waals surface area contributed by atoms with E-state index in [-0.39, 0.29) is 5.75 Å². The summed E-state index contributed by atoms with van der Waals surface area (Å²) in [5, 5.41) is 14.7. The molecular weight excluding hydrogens is 381 g/mol. The van der Waals surface area contributed by atoms with Crippen molar-refractivity contribution >= 4 is 0 Å². The van der Waals surface area contributed by atoms with Crippen LogP contribution in [0.5, 0.6) is 11.6 Å². The van der Waals surface area contributed by atoms with E-state index < -0.39 is 11.9 Å². The summed E-state index contributed by atoms with van der Waals surface area (Å²) in [6, 6.07) is 16.3. The smallest absolute Gasteiger partial charge is 0.222 e. The van der Waals surface area contributed by atoms with E-state index in [1.807, 2.05) is 37.4 Å². The van der Waals surface area contributed by atoms with Crippen molar-refractivity contribution in [1.82, 2.24) is 14.7 Å². The van der Waals surface area contributed by atoms with Crippen LogP contribution in [0.3, 0.4) is 0 Å². The van der Waals surface area contributed by atoms with Crippen molar-refractivity contribution in [3.8, 4) is 22.9 Å². The molecule has 158 valence electrons. The largest absolute Gasteiger partial charge is 0.436 e. The molecule has 1 heterocycles. The van der Waals surface area contributed by atoms with Crippen molar-refractivity contribution in [2.24, 2.45) is 13.0 Å². The first-order valence-electron chi connectivity index (χ1n) is 10.5. The zero-order valence-corrected chi connectivity index (χ0v) is 17.5. The van der Waals surface area contributed by atoms with Crippen molar-refractivity contribution < 1.29 is 14.2 Å². The highest BCUT2D eigenvalue weighted by Crippen LogP contribution is 2.36. The van der Waals surface area contributed by atoms with E-state index in [1.165, 1.54) is 18.9 Å². The van der Waals surface area contributed by atoms with Crippen LogP contribution in [0, 0.1) is 11.7 Å². The molecule has 1 saturated carbocycles. The Bertz CT molecular complexity index is 979. The molecule has 1 atom stereocenters. The van der Waals surface area contributed by atoms with E-state index in [1.54, 1.807) is 29.8 Å². The number of aliphatic hydroxyl groups is 1. The van der Waals surface area contributed by atoms with Gasteiger partial charge in [0.2, 0.25) is 5.88 Å². The fourth-order valence-electron chi connectivity index (χ4n) is 3.75. The fourth-order valence-corrected chi connectivity index (χ4v) is 3.75. The zero-order chi connectivity index (χ0) is 21.1. The van der Waals surface area contributed by atoms with Crippen LogP contribution in [-0.4, -0.2) is 39.0 Å². The topological polar surface area (TPSA) is 50.5 Å². The minimum Gasteiger partial charge on any atom is -0.436 e. The summed E-state index contributed by atoms with van der Waals surface area (Å²) in [5.74, 6) is 0.956. The Morgan fingerprint density at radius 3 is 2.53 bits per heavy atom. The average Bonchev–Trinajstić information content (AvgIpc) is 3.49. The van der Waals surface area contributed by atoms with Gasteiger partial charge in [0.05, 0.1) is 11.7 Å². The number of aromatic nitrogens is 2. The molecule has 6 heteroatoms. The van der Waals surface area contributed by atoms with Crippen LogP contribution in [0.15, 0.2) is 54.6 Å². The molecule has 3 aromatic rings. The maximum atomic E-state index is 14.3. The third kappa shape index (κ3) is 4.89. The minimum absolute atomic E-state index is 0.172. The predicted octanol–water partition coefficient (Wildman–Crippen LogP) is 4.61. The van der Waals surface area contributed by atoms with Crippen LogP contribution in [0.25, 0.3) is 11.3 Å². The predicted molar refractivity (Wildman–Crippen MR) is 115 cm³/mol. The molecule has 5 nitrogen and oxygen atoms in total. The molecule has 0 spiro atoms. The molecule has 0 radical (unpaired) electrons. The van der Waals surface area contributed by atoms with Crippen molar-refractivity contribution in [2.75, 3.05) is 13.1 Å². The molecule has 0 bridgehead atoms. The molecule has 30 heavy (non-hydrogen) atoms. The van der Waals surface area contributed by atoms with E-state index in [0.717, 1.165) is 23.4 Å². The molecule has 0 amide bonds. The van der Waals surface area contributed by atoms with Crippen LogP contribution >= 0.6 is 0 Å². The highest BCUT2D eigenvalue weighted by molar-refractivity contribution is 5.65. The number of benzene rings is 2. The first-order valence-corrected chi connectivity index (χ1v) is 10.5. The quantitative estimate of drug-likeness (QED) is 0.561. The van der Waals surface area contributed by atoms with Gasteiger partial charge in [-0.25, -0.2) is 9.07 Å². The van der Waals surface area contributed by atoms with Gasteiger partial charge < -0.3 is 9.84 Å². The van der Waals surface area contributed by atoms with Gasteiger partial charge in [-0.1, -0.05) is 42.5 Å². The number of para-hydroxylation sites is 1. The molecule has 1 fully saturated rings. The van der Waals surface area contributed by atoms with Crippen molar-refractivity contribution in [3.63, 3.8) is 0 Å². The van der Waals surface area contributed by atoms with Gasteiger partial charge in [0, 0.05) is 32.2 Å². The Balaban J connectivity index is 1.73. The molecular formula is C24H28FN3O2. The van der Waals surface area contributed by atoms with Crippen LogP contribution in [0.1, 0.15) is 25.3 Å². The van der Waals surface area contributed by atoms with E-state index in [4.69, 9.17) is 9.84 Å².